The van der Waals surface area contributed by atoms with Crippen LogP contribution in [0.1, 0.15) is 19.8 Å². The second kappa shape index (κ2) is 5.99. The van der Waals surface area contributed by atoms with Crippen LogP contribution in [0.25, 0.3) is 0 Å². The summed E-state index contributed by atoms with van der Waals surface area (Å²) in [4.78, 5) is 29.6. The number of nitrogens with two attached hydrogens (primary N) is 1. The lowest BCUT2D eigenvalue weighted by atomic mass is 9.97. The number of urea groups is 1. The van der Waals surface area contributed by atoms with Crippen LogP contribution in [0.5, 0.6) is 0 Å². The van der Waals surface area contributed by atoms with Gasteiger partial charge in [0, 0.05) is 32.2 Å². The molecule has 20 heavy (non-hydrogen) atoms. The second-order valence-corrected chi connectivity index (χ2v) is 6.37. The van der Waals surface area contributed by atoms with Crippen LogP contribution >= 0.6 is 0 Å². The molecule has 2 aliphatic rings. The first-order valence-corrected chi connectivity index (χ1v) is 7.39. The standard InChI is InChI=1S/C14H26N4O2/c1-10-7-18(9-12(10)16(2)3)13(19)11-5-4-6-17(8-11)14(15)20/h10-12H,4-9H2,1-3H3,(H2,15,20)/t10-,11+,12-/m1/s1. The molecule has 0 aromatic carbocycles. The maximum Gasteiger partial charge on any atom is 0.314 e. The van der Waals surface area contributed by atoms with Gasteiger partial charge in [0.1, 0.15) is 0 Å². The van der Waals surface area contributed by atoms with E-state index >= 15 is 0 Å². The smallest absolute Gasteiger partial charge is 0.314 e. The monoisotopic (exact) mass is 282 g/mol. The molecule has 6 heteroatoms. The van der Waals surface area contributed by atoms with Crippen molar-refractivity contribution in [1.29, 1.82) is 0 Å². The topological polar surface area (TPSA) is 69.9 Å². The molecule has 2 aliphatic heterocycles. The Bertz CT molecular complexity index is 385. The van der Waals surface area contributed by atoms with Gasteiger partial charge < -0.3 is 20.4 Å². The third-order valence-corrected chi connectivity index (χ3v) is 4.63. The Labute approximate surface area is 120 Å². The number of rotatable bonds is 2. The van der Waals surface area contributed by atoms with E-state index in [0.717, 1.165) is 25.9 Å². The molecule has 0 aromatic heterocycles. The molecule has 114 valence electrons. The number of carbonyl (C=O) groups is 2. The maximum absolute atomic E-state index is 12.6. The Kier molecular flexibility index (Phi) is 4.52. The van der Waals surface area contributed by atoms with Gasteiger partial charge in [-0.1, -0.05) is 6.92 Å². The Morgan fingerprint density at radius 3 is 2.40 bits per heavy atom. The molecular weight excluding hydrogens is 256 g/mol. The van der Waals surface area contributed by atoms with Crippen LogP contribution in [0.3, 0.4) is 0 Å². The van der Waals surface area contributed by atoms with E-state index in [2.05, 4.69) is 25.9 Å². The summed E-state index contributed by atoms with van der Waals surface area (Å²) >= 11 is 0. The number of hydrogen-bond acceptors (Lipinski definition) is 3. The highest BCUT2D eigenvalue weighted by molar-refractivity contribution is 5.81. The van der Waals surface area contributed by atoms with E-state index < -0.39 is 6.03 Å². The zero-order chi connectivity index (χ0) is 14.9. The molecule has 6 nitrogen and oxygen atoms in total. The minimum absolute atomic E-state index is 0.0793. The van der Waals surface area contributed by atoms with Crippen molar-refractivity contribution < 1.29 is 9.59 Å². The highest BCUT2D eigenvalue weighted by Crippen LogP contribution is 2.25. The fourth-order valence-corrected chi connectivity index (χ4v) is 3.44. The molecule has 0 bridgehead atoms. The minimum atomic E-state index is -0.413. The molecule has 0 unspecified atom stereocenters. The summed E-state index contributed by atoms with van der Waals surface area (Å²) in [6, 6.07) is 0.0123. The largest absolute Gasteiger partial charge is 0.351 e. The number of amides is 3. The highest BCUT2D eigenvalue weighted by atomic mass is 16.2. The first kappa shape index (κ1) is 15.1. The van der Waals surface area contributed by atoms with Crippen molar-refractivity contribution in [2.24, 2.45) is 17.6 Å². The predicted octanol–water partition coefficient (Wildman–Crippen LogP) is 0.186. The third kappa shape index (κ3) is 3.06. The van der Waals surface area contributed by atoms with E-state index in [0.29, 0.717) is 25.0 Å². The van der Waals surface area contributed by atoms with E-state index in [1.54, 1.807) is 4.90 Å². The summed E-state index contributed by atoms with van der Waals surface area (Å²) in [5.74, 6) is 0.598. The third-order valence-electron chi connectivity index (χ3n) is 4.63. The van der Waals surface area contributed by atoms with E-state index in [4.69, 9.17) is 5.73 Å². The molecular formula is C14H26N4O2. The van der Waals surface area contributed by atoms with Crippen LogP contribution in [0.15, 0.2) is 0 Å². The van der Waals surface area contributed by atoms with Crippen molar-refractivity contribution in [2.45, 2.75) is 25.8 Å². The number of likely N-dealkylation sites (tertiary alicyclic amines) is 2. The second-order valence-electron chi connectivity index (χ2n) is 6.37. The van der Waals surface area contributed by atoms with E-state index in [-0.39, 0.29) is 11.8 Å². The summed E-state index contributed by atoms with van der Waals surface area (Å²) < 4.78 is 0. The maximum atomic E-state index is 12.6. The lowest BCUT2D eigenvalue weighted by Crippen LogP contribution is -2.48. The molecule has 0 spiro atoms. The number of carbonyl (C=O) groups excluding carboxylic acids is 2. The molecule has 2 N–H and O–H groups in total. The average Bonchev–Trinajstić information content (AvgIpc) is 2.80. The van der Waals surface area contributed by atoms with Crippen molar-refractivity contribution in [1.82, 2.24) is 14.7 Å². The normalized spacial score (nSPS) is 30.9. The summed E-state index contributed by atoms with van der Waals surface area (Å²) in [6.07, 6.45) is 1.72. The van der Waals surface area contributed by atoms with Crippen molar-refractivity contribution in [2.75, 3.05) is 40.3 Å². The fourth-order valence-electron chi connectivity index (χ4n) is 3.44. The zero-order valence-electron chi connectivity index (χ0n) is 12.7. The van der Waals surface area contributed by atoms with Gasteiger partial charge in [0.15, 0.2) is 0 Å². The number of hydrogen-bond donors (Lipinski definition) is 1. The van der Waals surface area contributed by atoms with Gasteiger partial charge in [-0.15, -0.1) is 0 Å². The summed E-state index contributed by atoms with van der Waals surface area (Å²) in [7, 11) is 4.12. The van der Waals surface area contributed by atoms with Crippen molar-refractivity contribution in [3.8, 4) is 0 Å². The van der Waals surface area contributed by atoms with Gasteiger partial charge in [0.2, 0.25) is 5.91 Å². The zero-order valence-corrected chi connectivity index (χ0v) is 12.7. The van der Waals surface area contributed by atoms with E-state index in [1.807, 2.05) is 4.90 Å². The molecule has 0 aromatic rings. The molecule has 3 atom stereocenters. The first-order chi connectivity index (χ1) is 9.40. The van der Waals surface area contributed by atoms with Crippen LogP contribution in [0, 0.1) is 11.8 Å². The number of nitrogens with zero attached hydrogens (tertiary/aromatic N) is 3. The lowest BCUT2D eigenvalue weighted by molar-refractivity contribution is -0.136. The Morgan fingerprint density at radius 1 is 1.15 bits per heavy atom. The predicted molar refractivity (Wildman–Crippen MR) is 77.1 cm³/mol. The van der Waals surface area contributed by atoms with Crippen LogP contribution in [0.2, 0.25) is 0 Å². The number of likely N-dealkylation sites (N-methyl/N-ethyl adjacent to an activating group) is 1. The summed E-state index contributed by atoms with van der Waals surface area (Å²) in [5, 5.41) is 0. The van der Waals surface area contributed by atoms with Crippen molar-refractivity contribution in [3.63, 3.8) is 0 Å². The van der Waals surface area contributed by atoms with Crippen LogP contribution in [-0.2, 0) is 4.79 Å². The van der Waals surface area contributed by atoms with Gasteiger partial charge in [-0.2, -0.15) is 0 Å². The molecule has 2 rings (SSSR count). The highest BCUT2D eigenvalue weighted by Gasteiger charge is 2.37. The number of primary amides is 1. The van der Waals surface area contributed by atoms with Gasteiger partial charge in [0.25, 0.3) is 0 Å². The van der Waals surface area contributed by atoms with Crippen LogP contribution in [-0.4, -0.2) is 73.0 Å². The quantitative estimate of drug-likeness (QED) is 0.786. The average molecular weight is 282 g/mol. The van der Waals surface area contributed by atoms with Crippen LogP contribution in [0.4, 0.5) is 4.79 Å². The van der Waals surface area contributed by atoms with Gasteiger partial charge in [-0.05, 0) is 32.9 Å². The van der Waals surface area contributed by atoms with E-state index in [1.165, 1.54) is 0 Å². The molecule has 2 fully saturated rings. The molecule has 3 amide bonds. The van der Waals surface area contributed by atoms with Crippen molar-refractivity contribution in [3.05, 3.63) is 0 Å². The molecule has 0 saturated carbocycles. The fraction of sp³-hybridized carbons (Fsp3) is 0.857. The first-order valence-electron chi connectivity index (χ1n) is 7.39. The Balaban J connectivity index is 1.96. The van der Waals surface area contributed by atoms with Crippen molar-refractivity contribution >= 4 is 11.9 Å². The van der Waals surface area contributed by atoms with E-state index in [9.17, 15) is 9.59 Å². The SMILES string of the molecule is C[C@@H]1CN(C(=O)[C@H]2CCCN(C(N)=O)C2)C[C@H]1N(C)C. The summed E-state index contributed by atoms with van der Waals surface area (Å²) in [5.41, 5.74) is 5.32. The van der Waals surface area contributed by atoms with Crippen LogP contribution < -0.4 is 5.73 Å². The Hall–Kier alpha value is -1.30. The molecule has 2 saturated heterocycles. The molecule has 0 radical (unpaired) electrons. The van der Waals surface area contributed by atoms with Gasteiger partial charge >= 0.3 is 6.03 Å². The van der Waals surface area contributed by atoms with Gasteiger partial charge in [0.05, 0.1) is 5.92 Å². The summed E-state index contributed by atoms with van der Waals surface area (Å²) in [6.45, 7) is 4.95. The van der Waals surface area contributed by atoms with Gasteiger partial charge in [-0.3, -0.25) is 4.79 Å². The lowest BCUT2D eigenvalue weighted by Gasteiger charge is -2.33. The Morgan fingerprint density at radius 2 is 1.85 bits per heavy atom. The minimum Gasteiger partial charge on any atom is -0.351 e. The molecule has 0 aliphatic carbocycles. The van der Waals surface area contributed by atoms with Gasteiger partial charge in [-0.25, -0.2) is 4.79 Å². The number of piperidine rings is 1. The molecule has 2 heterocycles.